The minimum Gasteiger partial charge on any atom is -0.344 e. The zero-order valence-corrected chi connectivity index (χ0v) is 6.98. The van der Waals surface area contributed by atoms with Crippen molar-refractivity contribution in [2.75, 3.05) is 19.6 Å². The van der Waals surface area contributed by atoms with E-state index in [2.05, 4.69) is 25.7 Å². The third-order valence-electron chi connectivity index (χ3n) is 1.34. The van der Waals surface area contributed by atoms with Gasteiger partial charge in [-0.05, 0) is 19.6 Å². The van der Waals surface area contributed by atoms with Crippen LogP contribution in [0.3, 0.4) is 0 Å². The molecule has 0 spiro atoms. The van der Waals surface area contributed by atoms with Gasteiger partial charge in [0.05, 0.1) is 0 Å². The third-order valence-corrected chi connectivity index (χ3v) is 1.34. The maximum atomic E-state index is 2.38. The molecule has 0 unspecified atom stereocenters. The van der Waals surface area contributed by atoms with Crippen LogP contribution in [0.25, 0.3) is 0 Å². The van der Waals surface area contributed by atoms with E-state index in [1.54, 1.807) is 0 Å². The van der Waals surface area contributed by atoms with Crippen molar-refractivity contribution in [3.63, 3.8) is 0 Å². The molecule has 0 saturated heterocycles. The lowest BCUT2D eigenvalue weighted by Gasteiger charge is -2.13. The Balaban J connectivity index is -0.000000180. The van der Waals surface area contributed by atoms with Gasteiger partial charge in [0.2, 0.25) is 0 Å². The predicted molar refractivity (Wildman–Crippen MR) is 43.5 cm³/mol. The Morgan fingerprint density at radius 2 is 1.00 bits per heavy atom. The zero-order chi connectivity index (χ0) is 5.70. The SMILES string of the molecule is CCN(CC)CC.N.N. The Hall–Kier alpha value is -0.120. The van der Waals surface area contributed by atoms with Crippen LogP contribution in [0, 0.1) is 0 Å². The fourth-order valence-electron chi connectivity index (χ4n) is 0.671. The minimum absolute atomic E-state index is 0. The van der Waals surface area contributed by atoms with Crippen molar-refractivity contribution in [2.24, 2.45) is 0 Å². The average molecular weight is 135 g/mol. The molecule has 0 aliphatic carbocycles. The van der Waals surface area contributed by atoms with E-state index >= 15 is 0 Å². The first-order valence-electron chi connectivity index (χ1n) is 3.07. The monoisotopic (exact) mass is 135 g/mol. The molecule has 0 aromatic rings. The topological polar surface area (TPSA) is 73.2 Å². The quantitative estimate of drug-likeness (QED) is 0.618. The van der Waals surface area contributed by atoms with Crippen molar-refractivity contribution in [3.8, 4) is 0 Å². The van der Waals surface area contributed by atoms with E-state index < -0.39 is 0 Å². The van der Waals surface area contributed by atoms with Crippen LogP contribution in [0.2, 0.25) is 0 Å². The van der Waals surface area contributed by atoms with Crippen molar-refractivity contribution in [3.05, 3.63) is 0 Å². The van der Waals surface area contributed by atoms with Gasteiger partial charge in [-0.3, -0.25) is 0 Å². The van der Waals surface area contributed by atoms with Gasteiger partial charge in [0.1, 0.15) is 0 Å². The first-order chi connectivity index (χ1) is 3.35. The first kappa shape index (κ1) is 15.9. The lowest BCUT2D eigenvalue weighted by atomic mass is 10.5. The molecule has 0 aromatic carbocycles. The Kier molecular flexibility index (Phi) is 19.1. The van der Waals surface area contributed by atoms with Crippen molar-refractivity contribution in [1.82, 2.24) is 17.2 Å². The van der Waals surface area contributed by atoms with Crippen LogP contribution in [0.1, 0.15) is 20.8 Å². The van der Waals surface area contributed by atoms with Crippen molar-refractivity contribution < 1.29 is 0 Å². The Morgan fingerprint density at radius 1 is 0.778 bits per heavy atom. The van der Waals surface area contributed by atoms with Gasteiger partial charge in [0, 0.05) is 0 Å². The molecule has 3 nitrogen and oxygen atoms in total. The summed E-state index contributed by atoms with van der Waals surface area (Å²) in [7, 11) is 0. The molecule has 0 aliphatic rings. The molecule has 0 radical (unpaired) electrons. The normalized spacial score (nSPS) is 8.00. The van der Waals surface area contributed by atoms with Crippen LogP contribution < -0.4 is 12.3 Å². The van der Waals surface area contributed by atoms with Crippen molar-refractivity contribution in [2.45, 2.75) is 20.8 Å². The van der Waals surface area contributed by atoms with Crippen LogP contribution in [-0.4, -0.2) is 24.5 Å². The molecule has 0 bridgehead atoms. The van der Waals surface area contributed by atoms with E-state index in [9.17, 15) is 0 Å². The van der Waals surface area contributed by atoms with Gasteiger partial charge in [-0.2, -0.15) is 0 Å². The van der Waals surface area contributed by atoms with Gasteiger partial charge in [-0.15, -0.1) is 0 Å². The molecule has 0 rings (SSSR count). The zero-order valence-electron chi connectivity index (χ0n) is 6.98. The van der Waals surface area contributed by atoms with Gasteiger partial charge in [0.25, 0.3) is 0 Å². The molecule has 6 N–H and O–H groups in total. The Bertz CT molecular complexity index is 29.8. The van der Waals surface area contributed by atoms with Crippen LogP contribution in [-0.2, 0) is 0 Å². The summed E-state index contributed by atoms with van der Waals surface area (Å²) in [6.07, 6.45) is 0. The number of nitrogens with zero attached hydrogens (tertiary/aromatic N) is 1. The largest absolute Gasteiger partial charge is 0.344 e. The Labute approximate surface area is 58.6 Å². The van der Waals surface area contributed by atoms with Gasteiger partial charge < -0.3 is 17.2 Å². The smallest absolute Gasteiger partial charge is 0.00474 e. The fraction of sp³-hybridized carbons (Fsp3) is 1.00. The number of rotatable bonds is 3. The maximum Gasteiger partial charge on any atom is -0.00474 e. The molecule has 0 aromatic heterocycles. The van der Waals surface area contributed by atoms with Gasteiger partial charge in [0.15, 0.2) is 0 Å². The summed E-state index contributed by atoms with van der Waals surface area (Å²) in [5, 5.41) is 0. The lowest BCUT2D eigenvalue weighted by Crippen LogP contribution is -2.21. The van der Waals surface area contributed by atoms with Gasteiger partial charge in [-0.25, -0.2) is 0 Å². The second-order valence-electron chi connectivity index (χ2n) is 1.62. The molecule has 0 saturated carbocycles. The van der Waals surface area contributed by atoms with E-state index in [1.807, 2.05) is 0 Å². The van der Waals surface area contributed by atoms with Crippen LogP contribution in [0.4, 0.5) is 0 Å². The lowest BCUT2D eigenvalue weighted by molar-refractivity contribution is 0.321. The second kappa shape index (κ2) is 10.8. The molecule has 0 fully saturated rings. The third kappa shape index (κ3) is 7.88. The summed E-state index contributed by atoms with van der Waals surface area (Å²) < 4.78 is 0. The summed E-state index contributed by atoms with van der Waals surface area (Å²) in [4.78, 5) is 2.38. The molecule has 9 heavy (non-hydrogen) atoms. The highest BCUT2D eigenvalue weighted by molar-refractivity contribution is 4.43. The van der Waals surface area contributed by atoms with E-state index in [4.69, 9.17) is 0 Å². The molecular formula is C6H21N3. The summed E-state index contributed by atoms with van der Waals surface area (Å²) >= 11 is 0. The van der Waals surface area contributed by atoms with Crippen LogP contribution in [0.5, 0.6) is 0 Å². The predicted octanol–water partition coefficient (Wildman–Crippen LogP) is 1.67. The minimum atomic E-state index is 0. The molecule has 0 atom stereocenters. The molecular weight excluding hydrogens is 114 g/mol. The Morgan fingerprint density at radius 3 is 1.00 bits per heavy atom. The van der Waals surface area contributed by atoms with E-state index in [1.165, 1.54) is 19.6 Å². The standard InChI is InChI=1S/C6H15N.2H3N/c1-4-7(5-2)6-3;;/h4-6H2,1-3H3;2*1H3. The van der Waals surface area contributed by atoms with E-state index in [0.717, 1.165) is 0 Å². The number of hydrogen-bond donors (Lipinski definition) is 2. The molecule has 60 valence electrons. The van der Waals surface area contributed by atoms with Crippen molar-refractivity contribution >= 4 is 0 Å². The maximum absolute atomic E-state index is 2.38. The highest BCUT2D eigenvalue weighted by atomic mass is 15.1. The summed E-state index contributed by atoms with van der Waals surface area (Å²) in [5.41, 5.74) is 0. The summed E-state index contributed by atoms with van der Waals surface area (Å²) in [6, 6.07) is 0. The molecule has 0 aliphatic heterocycles. The highest BCUT2D eigenvalue weighted by Gasteiger charge is 1.89. The first-order valence-corrected chi connectivity index (χ1v) is 3.07. The van der Waals surface area contributed by atoms with Gasteiger partial charge in [-0.1, -0.05) is 20.8 Å². The second-order valence-corrected chi connectivity index (χ2v) is 1.62. The van der Waals surface area contributed by atoms with E-state index in [0.29, 0.717) is 0 Å². The van der Waals surface area contributed by atoms with Crippen LogP contribution >= 0.6 is 0 Å². The summed E-state index contributed by atoms with van der Waals surface area (Å²) in [5.74, 6) is 0. The molecule has 3 heteroatoms. The fourth-order valence-corrected chi connectivity index (χ4v) is 0.671. The van der Waals surface area contributed by atoms with Crippen LogP contribution in [0.15, 0.2) is 0 Å². The van der Waals surface area contributed by atoms with Crippen molar-refractivity contribution in [1.29, 1.82) is 0 Å². The number of hydrogen-bond acceptors (Lipinski definition) is 3. The average Bonchev–Trinajstić information content (AvgIpc) is 1.72. The molecule has 0 heterocycles. The van der Waals surface area contributed by atoms with E-state index in [-0.39, 0.29) is 12.3 Å². The van der Waals surface area contributed by atoms with Gasteiger partial charge >= 0.3 is 0 Å². The molecule has 0 amide bonds. The summed E-state index contributed by atoms with van der Waals surface area (Å²) in [6.45, 7) is 10.1. The highest BCUT2D eigenvalue weighted by Crippen LogP contribution is 1.81.